The van der Waals surface area contributed by atoms with Gasteiger partial charge in [-0.15, -0.1) is 6.58 Å². The molecule has 2 N–H and O–H groups in total. The Morgan fingerprint density at radius 1 is 1.36 bits per heavy atom. The van der Waals surface area contributed by atoms with Crippen LogP contribution < -0.4 is 5.32 Å². The van der Waals surface area contributed by atoms with Crippen LogP contribution in [0.3, 0.4) is 0 Å². The van der Waals surface area contributed by atoms with E-state index in [4.69, 9.17) is 4.74 Å². The van der Waals surface area contributed by atoms with E-state index < -0.39 is 29.4 Å². The highest BCUT2D eigenvalue weighted by atomic mass is 16.5. The third kappa shape index (κ3) is 2.92. The molecule has 2 fully saturated rings. The van der Waals surface area contributed by atoms with E-state index in [-0.39, 0.29) is 30.6 Å². The van der Waals surface area contributed by atoms with Gasteiger partial charge in [-0.2, -0.15) is 0 Å². The number of hydrogen-bond acceptors (Lipinski definition) is 5. The summed E-state index contributed by atoms with van der Waals surface area (Å²) in [6.07, 6.45) is 1.97. The third-order valence-corrected chi connectivity index (χ3v) is 4.68. The molecule has 0 bridgehead atoms. The molecule has 2 aliphatic carbocycles. The number of esters is 1. The third-order valence-electron chi connectivity index (χ3n) is 4.68. The molecular formula is C16H23NO5. The first-order valence-corrected chi connectivity index (χ1v) is 7.66. The maximum Gasteiger partial charge on any atom is 0.332 e. The number of Topliss-reactive ketones (excluding diaryl/α,β-unsaturated/α-hetero) is 1. The molecule has 22 heavy (non-hydrogen) atoms. The molecule has 0 radical (unpaired) electrons. The molecule has 0 unspecified atom stereocenters. The van der Waals surface area contributed by atoms with E-state index in [1.54, 1.807) is 13.0 Å². The van der Waals surface area contributed by atoms with Gasteiger partial charge in [-0.05, 0) is 33.1 Å². The topological polar surface area (TPSA) is 92.7 Å². The maximum atomic E-state index is 12.5. The zero-order chi connectivity index (χ0) is 16.5. The lowest BCUT2D eigenvalue weighted by Gasteiger charge is -2.22. The van der Waals surface area contributed by atoms with Gasteiger partial charge in [0.25, 0.3) is 0 Å². The second-order valence-electron chi connectivity index (χ2n) is 6.18. The number of carbonyl (C=O) groups is 3. The van der Waals surface area contributed by atoms with Crippen molar-refractivity contribution in [2.24, 2.45) is 17.8 Å². The number of nitrogens with one attached hydrogen (secondary N) is 1. The van der Waals surface area contributed by atoms with Crippen LogP contribution in [0.4, 0.5) is 0 Å². The van der Waals surface area contributed by atoms with Crippen molar-refractivity contribution >= 4 is 17.7 Å². The van der Waals surface area contributed by atoms with Crippen molar-refractivity contribution in [2.75, 3.05) is 6.61 Å². The van der Waals surface area contributed by atoms with Crippen molar-refractivity contribution in [1.29, 1.82) is 0 Å². The number of amides is 1. The summed E-state index contributed by atoms with van der Waals surface area (Å²) in [4.78, 5) is 36.3. The summed E-state index contributed by atoms with van der Waals surface area (Å²) in [5.74, 6) is -2.18. The van der Waals surface area contributed by atoms with Gasteiger partial charge in [-0.3, -0.25) is 9.59 Å². The minimum atomic E-state index is -1.05. The van der Waals surface area contributed by atoms with Crippen molar-refractivity contribution < 1.29 is 24.2 Å². The van der Waals surface area contributed by atoms with E-state index in [0.29, 0.717) is 12.8 Å². The molecule has 1 amide bonds. The number of rotatable bonds is 6. The van der Waals surface area contributed by atoms with Crippen LogP contribution in [0, 0.1) is 17.8 Å². The molecular weight excluding hydrogens is 286 g/mol. The number of carbonyl (C=O) groups excluding carboxylic acids is 3. The van der Waals surface area contributed by atoms with Crippen LogP contribution in [-0.2, 0) is 19.1 Å². The second-order valence-corrected chi connectivity index (χ2v) is 6.18. The van der Waals surface area contributed by atoms with E-state index in [2.05, 4.69) is 11.9 Å². The largest absolute Gasteiger partial charge is 0.464 e. The average molecular weight is 309 g/mol. The molecule has 6 nitrogen and oxygen atoms in total. The van der Waals surface area contributed by atoms with E-state index >= 15 is 0 Å². The van der Waals surface area contributed by atoms with Crippen LogP contribution >= 0.6 is 0 Å². The van der Waals surface area contributed by atoms with Gasteiger partial charge in [-0.25, -0.2) is 4.79 Å². The predicted octanol–water partition coefficient (Wildman–Crippen LogP) is 0.586. The van der Waals surface area contributed by atoms with Gasteiger partial charge in [0.15, 0.2) is 0 Å². The Balaban J connectivity index is 2.11. The Morgan fingerprint density at radius 2 is 2.00 bits per heavy atom. The fourth-order valence-electron chi connectivity index (χ4n) is 3.32. The van der Waals surface area contributed by atoms with Gasteiger partial charge in [0, 0.05) is 11.8 Å². The maximum absolute atomic E-state index is 12.5. The van der Waals surface area contributed by atoms with Crippen LogP contribution in [0.1, 0.15) is 33.1 Å². The molecule has 2 aliphatic rings. The Kier molecular flexibility index (Phi) is 4.70. The first-order chi connectivity index (χ1) is 10.4. The van der Waals surface area contributed by atoms with Crippen LogP contribution in [0.25, 0.3) is 0 Å². The molecule has 0 aromatic heterocycles. The zero-order valence-electron chi connectivity index (χ0n) is 13.0. The molecule has 0 aromatic carbocycles. The standard InChI is InChI=1S/C16H23NO5/c1-4-10-8-16(10,15(21)22-5-2)17-14(20)13-7-11(19)6-12(13)9(3)18/h4,10-13,19H,1,5-8H2,2-3H3,(H,17,20)/t10-,11+,12+,13-,16-/m1/s1. The molecule has 6 heteroatoms. The molecule has 0 heterocycles. The van der Waals surface area contributed by atoms with Crippen molar-refractivity contribution in [1.82, 2.24) is 5.32 Å². The van der Waals surface area contributed by atoms with Gasteiger partial charge in [0.1, 0.15) is 11.3 Å². The Labute approximate surface area is 129 Å². The first-order valence-electron chi connectivity index (χ1n) is 7.66. The molecule has 2 saturated carbocycles. The molecule has 122 valence electrons. The lowest BCUT2D eigenvalue weighted by molar-refractivity contribution is -0.149. The van der Waals surface area contributed by atoms with Crippen molar-refractivity contribution in [3.63, 3.8) is 0 Å². The van der Waals surface area contributed by atoms with E-state index in [0.717, 1.165) is 0 Å². The quantitative estimate of drug-likeness (QED) is 0.553. The number of aliphatic hydroxyl groups is 1. The number of hydrogen-bond donors (Lipinski definition) is 2. The summed E-state index contributed by atoms with van der Waals surface area (Å²) < 4.78 is 5.04. The Morgan fingerprint density at radius 3 is 2.50 bits per heavy atom. The summed E-state index contributed by atoms with van der Waals surface area (Å²) in [5, 5.41) is 12.5. The summed E-state index contributed by atoms with van der Waals surface area (Å²) in [7, 11) is 0. The molecule has 0 spiro atoms. The van der Waals surface area contributed by atoms with Crippen LogP contribution in [0.5, 0.6) is 0 Å². The van der Waals surface area contributed by atoms with Gasteiger partial charge in [0.05, 0.1) is 18.6 Å². The lowest BCUT2D eigenvalue weighted by atomic mass is 9.91. The SMILES string of the molecule is C=C[C@@H]1C[C@]1(NC(=O)[C@@H]1C[C@@H](O)C[C@H]1C(C)=O)C(=O)OCC. The molecule has 0 aromatic rings. The molecule has 5 atom stereocenters. The van der Waals surface area contributed by atoms with E-state index in [1.165, 1.54) is 6.92 Å². The van der Waals surface area contributed by atoms with E-state index in [9.17, 15) is 19.5 Å². The van der Waals surface area contributed by atoms with Crippen molar-refractivity contribution in [3.8, 4) is 0 Å². The van der Waals surface area contributed by atoms with E-state index in [1.807, 2.05) is 0 Å². The number of ketones is 1. The van der Waals surface area contributed by atoms with Gasteiger partial charge < -0.3 is 15.2 Å². The number of ether oxygens (including phenoxy) is 1. The monoisotopic (exact) mass is 309 g/mol. The van der Waals surface area contributed by atoms with Gasteiger partial charge >= 0.3 is 5.97 Å². The molecule has 0 aliphatic heterocycles. The minimum absolute atomic E-state index is 0.113. The van der Waals surface area contributed by atoms with Crippen LogP contribution in [0.2, 0.25) is 0 Å². The summed E-state index contributed by atoms with van der Waals surface area (Å²) in [6, 6.07) is 0. The highest BCUT2D eigenvalue weighted by Gasteiger charge is 2.61. The molecule has 2 rings (SSSR count). The zero-order valence-corrected chi connectivity index (χ0v) is 13.0. The minimum Gasteiger partial charge on any atom is -0.464 e. The summed E-state index contributed by atoms with van der Waals surface area (Å²) in [6.45, 7) is 7.03. The Hall–Kier alpha value is -1.69. The summed E-state index contributed by atoms with van der Waals surface area (Å²) in [5.41, 5.74) is -1.05. The smallest absolute Gasteiger partial charge is 0.332 e. The highest BCUT2D eigenvalue weighted by molar-refractivity contribution is 5.94. The van der Waals surface area contributed by atoms with Crippen molar-refractivity contribution in [3.05, 3.63) is 12.7 Å². The van der Waals surface area contributed by atoms with Crippen molar-refractivity contribution in [2.45, 2.75) is 44.8 Å². The fraction of sp³-hybridized carbons (Fsp3) is 0.688. The fourth-order valence-corrected chi connectivity index (χ4v) is 3.32. The normalized spacial score (nSPS) is 36.5. The van der Waals surface area contributed by atoms with Gasteiger partial charge in [0.2, 0.25) is 5.91 Å². The predicted molar refractivity (Wildman–Crippen MR) is 78.7 cm³/mol. The first kappa shape index (κ1) is 16.7. The van der Waals surface area contributed by atoms with Gasteiger partial charge in [-0.1, -0.05) is 6.08 Å². The highest BCUT2D eigenvalue weighted by Crippen LogP contribution is 2.46. The Bertz CT molecular complexity index is 503. The summed E-state index contributed by atoms with van der Waals surface area (Å²) >= 11 is 0. The second kappa shape index (κ2) is 6.20. The lowest BCUT2D eigenvalue weighted by Crippen LogP contribution is -2.49. The van der Waals surface area contributed by atoms with Crippen LogP contribution in [-0.4, -0.2) is 41.0 Å². The van der Waals surface area contributed by atoms with Crippen LogP contribution in [0.15, 0.2) is 12.7 Å². The molecule has 0 saturated heterocycles. The average Bonchev–Trinajstić information content (AvgIpc) is 3.02. The number of aliphatic hydroxyl groups excluding tert-OH is 1.